The van der Waals surface area contributed by atoms with Gasteiger partial charge in [0.15, 0.2) is 0 Å². The molecule has 2 saturated carbocycles. The first-order valence-corrected chi connectivity index (χ1v) is 12.5. The van der Waals surface area contributed by atoms with Crippen LogP contribution < -0.4 is 10.6 Å². The largest absolute Gasteiger partial charge is 0.481 e. The Balaban J connectivity index is 1.21. The summed E-state index contributed by atoms with van der Waals surface area (Å²) in [5.41, 5.74) is 3.91. The number of fused-ring (bicyclic) bond motifs is 4. The summed E-state index contributed by atoms with van der Waals surface area (Å²) in [4.78, 5) is 37.5. The van der Waals surface area contributed by atoms with Crippen molar-refractivity contribution in [1.29, 1.82) is 0 Å². The number of aliphatic carboxylic acids is 1. The zero-order chi connectivity index (χ0) is 24.7. The summed E-state index contributed by atoms with van der Waals surface area (Å²) in [6, 6.07) is 15.4. The monoisotopic (exact) mass is 476 g/mol. The molecule has 5 rings (SSSR count). The number of carbonyl (C=O) groups excluding carboxylic acids is 2. The normalized spacial score (nSPS) is 25.5. The molecule has 0 aromatic heterocycles. The first-order chi connectivity index (χ1) is 16.8. The number of hydrogen-bond donors (Lipinski definition) is 3. The van der Waals surface area contributed by atoms with E-state index >= 15 is 0 Å². The lowest BCUT2D eigenvalue weighted by Crippen LogP contribution is -2.52. The maximum absolute atomic E-state index is 13.1. The number of benzene rings is 2. The van der Waals surface area contributed by atoms with Gasteiger partial charge in [0.05, 0.1) is 5.41 Å². The minimum Gasteiger partial charge on any atom is -0.481 e. The Labute approximate surface area is 205 Å². The summed E-state index contributed by atoms with van der Waals surface area (Å²) in [6.07, 6.45) is 1.91. The van der Waals surface area contributed by atoms with Gasteiger partial charge in [0.1, 0.15) is 12.6 Å². The van der Waals surface area contributed by atoms with Crippen LogP contribution >= 0.6 is 0 Å². The van der Waals surface area contributed by atoms with Gasteiger partial charge in [0, 0.05) is 12.0 Å². The van der Waals surface area contributed by atoms with Crippen LogP contribution in [0.4, 0.5) is 4.79 Å². The molecular formula is C28H32N2O5. The lowest BCUT2D eigenvalue weighted by atomic mass is 9.97. The van der Waals surface area contributed by atoms with Crippen molar-refractivity contribution in [3.05, 3.63) is 59.7 Å². The van der Waals surface area contributed by atoms with Crippen molar-refractivity contribution >= 4 is 18.0 Å². The third-order valence-corrected chi connectivity index (χ3v) is 8.30. The van der Waals surface area contributed by atoms with E-state index in [-0.39, 0.29) is 36.3 Å². The molecule has 2 unspecified atom stereocenters. The average Bonchev–Trinajstić information content (AvgIpc) is 3.29. The van der Waals surface area contributed by atoms with E-state index in [1.54, 1.807) is 0 Å². The van der Waals surface area contributed by atoms with Gasteiger partial charge in [-0.15, -0.1) is 0 Å². The molecule has 2 aromatic carbocycles. The number of alkyl carbamates (subject to hydrolysis) is 1. The van der Waals surface area contributed by atoms with Gasteiger partial charge in [-0.1, -0.05) is 68.8 Å². The van der Waals surface area contributed by atoms with Crippen LogP contribution in [0.1, 0.15) is 56.6 Å². The summed E-state index contributed by atoms with van der Waals surface area (Å²) in [7, 11) is 0. The Morgan fingerprint density at radius 2 is 1.69 bits per heavy atom. The maximum atomic E-state index is 13.1. The Morgan fingerprint density at radius 3 is 2.26 bits per heavy atom. The molecule has 0 bridgehead atoms. The molecule has 3 N–H and O–H groups in total. The second-order valence-corrected chi connectivity index (χ2v) is 10.3. The van der Waals surface area contributed by atoms with E-state index in [1.807, 2.05) is 38.1 Å². The van der Waals surface area contributed by atoms with E-state index in [2.05, 4.69) is 34.9 Å². The van der Waals surface area contributed by atoms with E-state index < -0.39 is 23.5 Å². The van der Waals surface area contributed by atoms with Crippen LogP contribution in [0, 0.1) is 17.3 Å². The van der Waals surface area contributed by atoms with Crippen molar-refractivity contribution in [2.45, 2.75) is 57.5 Å². The molecule has 3 aliphatic rings. The molecule has 2 aromatic rings. The molecule has 0 spiro atoms. The summed E-state index contributed by atoms with van der Waals surface area (Å²) in [5, 5.41) is 15.3. The molecule has 5 atom stereocenters. The molecule has 0 radical (unpaired) electrons. The first-order valence-electron chi connectivity index (χ1n) is 12.5. The van der Waals surface area contributed by atoms with Crippen molar-refractivity contribution < 1.29 is 24.2 Å². The smallest absolute Gasteiger partial charge is 0.407 e. The number of hydrogen-bond acceptors (Lipinski definition) is 4. The standard InChI is InChI=1S/C28H32N2O5/c1-3-16(2)24(25(31)29-18-12-17-13-28(17,14-18)26(32)33)30-27(34)35-15-23-21-10-6-4-8-19(21)20-9-5-7-11-22(20)23/h4-11,16-18,23-24H,3,12-15H2,1-2H3,(H,29,31)(H,30,34)(H,32,33)/t16?,17-,18+,24?,28+/m0/s1. The highest BCUT2D eigenvalue weighted by Gasteiger charge is 2.65. The first kappa shape index (κ1) is 23.4. The molecule has 35 heavy (non-hydrogen) atoms. The van der Waals surface area contributed by atoms with Crippen molar-refractivity contribution in [2.75, 3.05) is 6.61 Å². The zero-order valence-corrected chi connectivity index (χ0v) is 20.1. The second-order valence-electron chi connectivity index (χ2n) is 10.3. The van der Waals surface area contributed by atoms with Crippen LogP contribution in [0.15, 0.2) is 48.5 Å². The third kappa shape index (κ3) is 4.17. The van der Waals surface area contributed by atoms with E-state index in [9.17, 15) is 19.5 Å². The van der Waals surface area contributed by atoms with Gasteiger partial charge >= 0.3 is 12.1 Å². The van der Waals surface area contributed by atoms with Crippen LogP contribution in [0.3, 0.4) is 0 Å². The number of ether oxygens (including phenoxy) is 1. The lowest BCUT2D eigenvalue weighted by Gasteiger charge is -2.26. The molecule has 7 heteroatoms. The number of nitrogens with one attached hydrogen (secondary N) is 2. The highest BCUT2D eigenvalue weighted by Crippen LogP contribution is 2.63. The maximum Gasteiger partial charge on any atom is 0.407 e. The Kier molecular flexibility index (Phi) is 6.03. The second kappa shape index (κ2) is 9.02. The molecule has 184 valence electrons. The summed E-state index contributed by atoms with van der Waals surface area (Å²) in [6.45, 7) is 4.06. The average molecular weight is 477 g/mol. The molecule has 0 saturated heterocycles. The van der Waals surface area contributed by atoms with Crippen LogP contribution in [-0.4, -0.2) is 41.8 Å². The van der Waals surface area contributed by atoms with E-state index in [1.165, 1.54) is 0 Å². The van der Waals surface area contributed by atoms with Gasteiger partial charge in [0.2, 0.25) is 5.91 Å². The lowest BCUT2D eigenvalue weighted by molar-refractivity contribution is -0.143. The fourth-order valence-corrected chi connectivity index (χ4v) is 6.03. The van der Waals surface area contributed by atoms with E-state index in [0.29, 0.717) is 25.7 Å². The summed E-state index contributed by atoms with van der Waals surface area (Å²) < 4.78 is 5.65. The number of carboxylic acids is 1. The Morgan fingerprint density at radius 1 is 1.06 bits per heavy atom. The molecule has 2 fully saturated rings. The topological polar surface area (TPSA) is 105 Å². The quantitative estimate of drug-likeness (QED) is 0.527. The Hall–Kier alpha value is -3.35. The van der Waals surface area contributed by atoms with E-state index in [0.717, 1.165) is 22.3 Å². The van der Waals surface area contributed by atoms with Gasteiger partial charge < -0.3 is 20.5 Å². The molecule has 2 amide bonds. The Bertz CT molecular complexity index is 1120. The molecule has 7 nitrogen and oxygen atoms in total. The van der Waals surface area contributed by atoms with Crippen molar-refractivity contribution in [3.8, 4) is 11.1 Å². The van der Waals surface area contributed by atoms with Crippen LogP contribution in [0.2, 0.25) is 0 Å². The van der Waals surface area contributed by atoms with Crippen LogP contribution in [0.5, 0.6) is 0 Å². The summed E-state index contributed by atoms with van der Waals surface area (Å²) in [5.74, 6) is -1.06. The van der Waals surface area contributed by atoms with Crippen molar-refractivity contribution in [3.63, 3.8) is 0 Å². The van der Waals surface area contributed by atoms with Gasteiger partial charge in [-0.2, -0.15) is 0 Å². The SMILES string of the molecule is CCC(C)C(NC(=O)OCC1c2ccccc2-c2ccccc21)C(=O)N[C@@H]1C[C@H]2C[C@@]2(C(=O)O)C1. The predicted octanol–water partition coefficient (Wildman–Crippen LogP) is 4.31. The number of carbonyl (C=O) groups is 3. The molecule has 3 aliphatic carbocycles. The van der Waals surface area contributed by atoms with E-state index in [4.69, 9.17) is 4.74 Å². The number of rotatable bonds is 8. The van der Waals surface area contributed by atoms with Crippen molar-refractivity contribution in [2.24, 2.45) is 17.3 Å². The zero-order valence-electron chi connectivity index (χ0n) is 20.1. The molecule has 0 heterocycles. The minimum atomic E-state index is -0.769. The highest BCUT2D eigenvalue weighted by molar-refractivity contribution is 5.87. The van der Waals surface area contributed by atoms with Crippen LogP contribution in [0.25, 0.3) is 11.1 Å². The van der Waals surface area contributed by atoms with Crippen molar-refractivity contribution in [1.82, 2.24) is 10.6 Å². The van der Waals surface area contributed by atoms with Crippen LogP contribution in [-0.2, 0) is 14.3 Å². The predicted molar refractivity (Wildman–Crippen MR) is 131 cm³/mol. The summed E-state index contributed by atoms with van der Waals surface area (Å²) >= 11 is 0. The van der Waals surface area contributed by atoms with Gasteiger partial charge in [-0.05, 0) is 53.4 Å². The van der Waals surface area contributed by atoms with Gasteiger partial charge in [-0.25, -0.2) is 4.79 Å². The minimum absolute atomic E-state index is 0.0542. The van der Waals surface area contributed by atoms with Gasteiger partial charge in [0.25, 0.3) is 0 Å². The molecule has 0 aliphatic heterocycles. The fraction of sp³-hybridized carbons (Fsp3) is 0.464. The fourth-order valence-electron chi connectivity index (χ4n) is 6.03. The number of carboxylic acid groups (broad SMARTS) is 1. The highest BCUT2D eigenvalue weighted by atomic mass is 16.5. The van der Waals surface area contributed by atoms with Gasteiger partial charge in [-0.3, -0.25) is 9.59 Å². The number of amides is 2. The molecular weight excluding hydrogens is 444 g/mol. The third-order valence-electron chi connectivity index (χ3n) is 8.30.